The molecule has 1 unspecified atom stereocenters. The highest BCUT2D eigenvalue weighted by atomic mass is 32.1. The Balaban J connectivity index is 1.21. The lowest BCUT2D eigenvalue weighted by Crippen LogP contribution is -2.32. The van der Waals surface area contributed by atoms with E-state index in [9.17, 15) is 5.11 Å². The fourth-order valence-corrected chi connectivity index (χ4v) is 7.76. The molecule has 0 bridgehead atoms. The Morgan fingerprint density at radius 2 is 1.78 bits per heavy atom. The summed E-state index contributed by atoms with van der Waals surface area (Å²) >= 11 is 1.76. The molecule has 1 atom stereocenters. The van der Waals surface area contributed by atoms with Gasteiger partial charge in [0.15, 0.2) is 0 Å². The van der Waals surface area contributed by atoms with E-state index < -0.39 is 0 Å². The van der Waals surface area contributed by atoms with Crippen LogP contribution in [0.3, 0.4) is 0 Å². The average Bonchev–Trinajstić information content (AvgIpc) is 3.72. The van der Waals surface area contributed by atoms with Gasteiger partial charge in [-0.2, -0.15) is 0 Å². The summed E-state index contributed by atoms with van der Waals surface area (Å²) in [7, 11) is 1.80. The zero-order chi connectivity index (χ0) is 28.2. The predicted octanol–water partition coefficient (Wildman–Crippen LogP) is 7.26. The van der Waals surface area contributed by atoms with Gasteiger partial charge in [-0.3, -0.25) is 9.80 Å². The molecule has 3 aromatic carbocycles. The number of nitrogens with zero attached hydrogens (tertiary/aromatic N) is 2. The molecule has 0 aliphatic carbocycles. The lowest BCUT2D eigenvalue weighted by molar-refractivity contribution is 0.112. The molecule has 4 aromatic rings. The van der Waals surface area contributed by atoms with Gasteiger partial charge in [0.05, 0.1) is 6.61 Å². The number of hydrogen-bond acceptors (Lipinski definition) is 6. The monoisotopic (exact) mass is 570 g/mol. The summed E-state index contributed by atoms with van der Waals surface area (Å²) in [5, 5.41) is 11.4. The number of fused-ring (bicyclic) bond motifs is 1. The van der Waals surface area contributed by atoms with Gasteiger partial charge in [0.2, 0.25) is 0 Å². The van der Waals surface area contributed by atoms with Crippen LogP contribution in [0.1, 0.15) is 47.9 Å². The Kier molecular flexibility index (Phi) is 8.92. The molecule has 3 heterocycles. The van der Waals surface area contributed by atoms with Crippen LogP contribution in [0.25, 0.3) is 20.5 Å². The highest BCUT2D eigenvalue weighted by Gasteiger charge is 2.25. The highest BCUT2D eigenvalue weighted by molar-refractivity contribution is 7.22. The normalized spacial score (nSPS) is 18.0. The number of thiophene rings is 1. The van der Waals surface area contributed by atoms with E-state index in [0.29, 0.717) is 11.8 Å². The minimum atomic E-state index is 0.312. The molecule has 6 rings (SSSR count). The molecule has 6 heteroatoms. The zero-order valence-electron chi connectivity index (χ0n) is 24.4. The van der Waals surface area contributed by atoms with E-state index in [4.69, 9.17) is 9.47 Å². The van der Waals surface area contributed by atoms with E-state index in [1.54, 1.807) is 24.5 Å². The minimum absolute atomic E-state index is 0.312. The third kappa shape index (κ3) is 6.62. The SMILES string of the molecule is COCC1CCCN1Cc1ccc(Cc2c(-c3ccc(OCCN4CCCC4)cc3)sc3cc(O)ccc23)cc1C. The molecule has 2 aliphatic rings. The second kappa shape index (κ2) is 13.0. The van der Waals surface area contributed by atoms with Crippen molar-refractivity contribution in [2.45, 2.75) is 51.6 Å². The van der Waals surface area contributed by atoms with Crippen molar-refractivity contribution in [3.63, 3.8) is 0 Å². The summed E-state index contributed by atoms with van der Waals surface area (Å²) in [4.78, 5) is 6.31. The topological polar surface area (TPSA) is 45.2 Å². The Hall–Kier alpha value is -2.90. The molecular formula is C35H42N2O3S. The summed E-state index contributed by atoms with van der Waals surface area (Å²) < 4.78 is 12.7. The molecule has 41 heavy (non-hydrogen) atoms. The number of rotatable bonds is 11. The summed E-state index contributed by atoms with van der Waals surface area (Å²) in [6, 6.07) is 21.8. The third-order valence-corrected chi connectivity index (χ3v) is 10.0. The van der Waals surface area contributed by atoms with Gasteiger partial charge < -0.3 is 14.6 Å². The molecule has 2 aliphatic heterocycles. The van der Waals surface area contributed by atoms with Gasteiger partial charge in [0.1, 0.15) is 18.1 Å². The number of aromatic hydroxyl groups is 1. The van der Waals surface area contributed by atoms with Crippen molar-refractivity contribution in [3.8, 4) is 21.9 Å². The number of benzene rings is 3. The van der Waals surface area contributed by atoms with Gasteiger partial charge in [-0.15, -0.1) is 11.3 Å². The van der Waals surface area contributed by atoms with Crippen molar-refractivity contribution in [2.24, 2.45) is 0 Å². The first-order chi connectivity index (χ1) is 20.1. The lowest BCUT2D eigenvalue weighted by Gasteiger charge is -2.24. The quantitative estimate of drug-likeness (QED) is 0.206. The van der Waals surface area contributed by atoms with Crippen molar-refractivity contribution in [1.82, 2.24) is 9.80 Å². The standard InChI is InChI=1S/C35H42N2O3S/c1-25-20-26(7-8-28(25)23-37-17-5-6-29(37)24-39-2)21-33-32-14-11-30(38)22-34(32)41-35(33)27-9-12-31(13-10-27)40-19-18-36-15-3-4-16-36/h7-14,20,22,29,38H,3-6,15-19,21,23-24H2,1-2H3. The Morgan fingerprint density at radius 3 is 2.56 bits per heavy atom. The van der Waals surface area contributed by atoms with Crippen LogP contribution >= 0.6 is 11.3 Å². The molecule has 1 aromatic heterocycles. The van der Waals surface area contributed by atoms with Crippen molar-refractivity contribution >= 4 is 21.4 Å². The van der Waals surface area contributed by atoms with Crippen molar-refractivity contribution < 1.29 is 14.6 Å². The maximum absolute atomic E-state index is 10.2. The van der Waals surface area contributed by atoms with E-state index in [1.165, 1.54) is 76.9 Å². The minimum Gasteiger partial charge on any atom is -0.508 e. The summed E-state index contributed by atoms with van der Waals surface area (Å²) in [6.45, 7) is 9.31. The van der Waals surface area contributed by atoms with Gasteiger partial charge in [-0.25, -0.2) is 0 Å². The Morgan fingerprint density at radius 1 is 0.951 bits per heavy atom. The number of phenols is 1. The number of likely N-dealkylation sites (tertiary alicyclic amines) is 2. The third-order valence-electron chi connectivity index (χ3n) is 8.79. The van der Waals surface area contributed by atoms with E-state index in [2.05, 4.69) is 65.3 Å². The van der Waals surface area contributed by atoms with E-state index in [1.807, 2.05) is 6.07 Å². The summed E-state index contributed by atoms with van der Waals surface area (Å²) in [5.41, 5.74) is 6.58. The molecule has 0 saturated carbocycles. The van der Waals surface area contributed by atoms with Crippen LogP contribution < -0.4 is 4.74 Å². The van der Waals surface area contributed by atoms with Crippen molar-refractivity contribution in [3.05, 3.63) is 82.9 Å². The van der Waals surface area contributed by atoms with Crippen LogP contribution in [0, 0.1) is 6.92 Å². The van der Waals surface area contributed by atoms with Crippen LogP contribution in [0.4, 0.5) is 0 Å². The molecule has 216 valence electrons. The maximum Gasteiger partial charge on any atom is 0.119 e. The fourth-order valence-electron chi connectivity index (χ4n) is 6.50. The van der Waals surface area contributed by atoms with E-state index >= 15 is 0 Å². The van der Waals surface area contributed by atoms with Crippen molar-refractivity contribution in [2.75, 3.05) is 46.5 Å². The predicted molar refractivity (Wildman–Crippen MR) is 169 cm³/mol. The number of methoxy groups -OCH3 is 1. The zero-order valence-corrected chi connectivity index (χ0v) is 25.2. The molecular weight excluding hydrogens is 528 g/mol. The first kappa shape index (κ1) is 28.2. The molecule has 0 spiro atoms. The fraction of sp³-hybridized carbons (Fsp3) is 0.429. The lowest BCUT2D eigenvalue weighted by atomic mass is 9.96. The van der Waals surface area contributed by atoms with Crippen LogP contribution in [0.5, 0.6) is 11.5 Å². The largest absolute Gasteiger partial charge is 0.508 e. The molecule has 0 radical (unpaired) electrons. The first-order valence-electron chi connectivity index (χ1n) is 15.1. The molecule has 1 N–H and O–H groups in total. The highest BCUT2D eigenvalue weighted by Crippen LogP contribution is 2.41. The van der Waals surface area contributed by atoms with Gasteiger partial charge >= 0.3 is 0 Å². The Bertz CT molecular complexity index is 1460. The average molecular weight is 571 g/mol. The molecule has 2 saturated heterocycles. The second-order valence-electron chi connectivity index (χ2n) is 11.7. The van der Waals surface area contributed by atoms with Crippen LogP contribution in [-0.4, -0.2) is 67.5 Å². The molecule has 0 amide bonds. The smallest absolute Gasteiger partial charge is 0.119 e. The van der Waals surface area contributed by atoms with Crippen molar-refractivity contribution in [1.29, 1.82) is 0 Å². The summed E-state index contributed by atoms with van der Waals surface area (Å²) in [5.74, 6) is 1.23. The van der Waals surface area contributed by atoms with Gasteiger partial charge in [-0.05, 0) is 134 Å². The number of phenolic OH excluding ortho intramolecular Hbond substituents is 1. The van der Waals surface area contributed by atoms with Crippen LogP contribution in [0.2, 0.25) is 0 Å². The second-order valence-corrected chi connectivity index (χ2v) is 12.7. The van der Waals surface area contributed by atoms with Gasteiger partial charge in [0, 0.05) is 35.8 Å². The van der Waals surface area contributed by atoms with Crippen LogP contribution in [-0.2, 0) is 17.7 Å². The molecule has 2 fully saturated rings. The van der Waals surface area contributed by atoms with E-state index in [-0.39, 0.29) is 0 Å². The van der Waals surface area contributed by atoms with Gasteiger partial charge in [0.25, 0.3) is 0 Å². The summed E-state index contributed by atoms with van der Waals surface area (Å²) in [6.07, 6.45) is 5.94. The maximum atomic E-state index is 10.2. The van der Waals surface area contributed by atoms with E-state index in [0.717, 1.165) is 49.7 Å². The number of hydrogen-bond donors (Lipinski definition) is 1. The number of aryl methyl sites for hydroxylation is 1. The molecule has 5 nitrogen and oxygen atoms in total. The van der Waals surface area contributed by atoms with Crippen LogP contribution in [0.15, 0.2) is 60.7 Å². The number of ether oxygens (including phenoxy) is 2. The Labute approximate surface area is 248 Å². The van der Waals surface area contributed by atoms with Gasteiger partial charge in [-0.1, -0.05) is 18.2 Å². The first-order valence-corrected chi connectivity index (χ1v) is 15.9.